The first-order chi connectivity index (χ1) is 9.61. The summed E-state index contributed by atoms with van der Waals surface area (Å²) in [5.74, 6) is 0. The normalized spacial score (nSPS) is 26.0. The highest BCUT2D eigenvalue weighted by Crippen LogP contribution is 2.39. The molecule has 2 aliphatic carbocycles. The van der Waals surface area contributed by atoms with E-state index in [4.69, 9.17) is 0 Å². The molecule has 3 rings (SSSR count). The molecule has 0 radical (unpaired) electrons. The lowest BCUT2D eigenvalue weighted by atomic mass is 9.92. The smallest absolute Gasteiger partial charge is 0.0343 e. The Kier molecular flexibility index (Phi) is 4.30. The summed E-state index contributed by atoms with van der Waals surface area (Å²) in [6.45, 7) is 4.77. The molecule has 0 bridgehead atoms. The molecule has 0 saturated heterocycles. The Hall–Kier alpha value is -0.630. The van der Waals surface area contributed by atoms with Crippen molar-refractivity contribution in [3.63, 3.8) is 0 Å². The van der Waals surface area contributed by atoms with Crippen LogP contribution >= 0.6 is 11.8 Å². The van der Waals surface area contributed by atoms with E-state index in [2.05, 4.69) is 55.2 Å². The molecule has 0 aliphatic heterocycles. The third-order valence-corrected chi connectivity index (χ3v) is 6.15. The van der Waals surface area contributed by atoms with E-state index >= 15 is 0 Å². The fraction of sp³-hybridized carbons (Fsp3) is 0.667. The summed E-state index contributed by atoms with van der Waals surface area (Å²) in [6, 6.07) is 9.79. The van der Waals surface area contributed by atoms with Crippen molar-refractivity contribution in [2.75, 3.05) is 5.32 Å². The van der Waals surface area contributed by atoms with Crippen molar-refractivity contribution in [3.05, 3.63) is 24.3 Å². The van der Waals surface area contributed by atoms with Crippen LogP contribution in [-0.4, -0.2) is 11.3 Å². The van der Waals surface area contributed by atoms with Gasteiger partial charge in [-0.3, -0.25) is 0 Å². The van der Waals surface area contributed by atoms with Crippen LogP contribution < -0.4 is 5.32 Å². The molecule has 1 aromatic rings. The average molecular weight is 289 g/mol. The van der Waals surface area contributed by atoms with E-state index in [0.717, 1.165) is 5.25 Å². The van der Waals surface area contributed by atoms with Gasteiger partial charge in [0.2, 0.25) is 0 Å². The monoisotopic (exact) mass is 289 g/mol. The molecule has 0 spiro atoms. The standard InChI is InChI=1S/C18H27NS/c1-18(2)12-11-15(13-18)19-14-7-9-17(10-8-14)20-16-5-3-4-6-16/h7-10,15-16,19H,3-6,11-13H2,1-2H3. The fourth-order valence-electron chi connectivity index (χ4n) is 3.62. The van der Waals surface area contributed by atoms with Crippen molar-refractivity contribution in [1.82, 2.24) is 0 Å². The first-order valence-electron chi connectivity index (χ1n) is 8.14. The second-order valence-electron chi connectivity index (χ2n) is 7.30. The number of hydrogen-bond donors (Lipinski definition) is 1. The van der Waals surface area contributed by atoms with Crippen LogP contribution in [0.1, 0.15) is 58.8 Å². The molecule has 1 aromatic carbocycles. The number of nitrogens with one attached hydrogen (secondary N) is 1. The SMILES string of the molecule is CC1(C)CCC(Nc2ccc(SC3CCCC3)cc2)C1. The van der Waals surface area contributed by atoms with E-state index in [9.17, 15) is 0 Å². The lowest BCUT2D eigenvalue weighted by Crippen LogP contribution is -2.17. The Labute approximate surface area is 127 Å². The largest absolute Gasteiger partial charge is 0.382 e. The number of hydrogen-bond acceptors (Lipinski definition) is 2. The maximum Gasteiger partial charge on any atom is 0.0343 e. The zero-order valence-corrected chi connectivity index (χ0v) is 13.6. The van der Waals surface area contributed by atoms with Gasteiger partial charge in [-0.2, -0.15) is 0 Å². The van der Waals surface area contributed by atoms with Gasteiger partial charge >= 0.3 is 0 Å². The highest BCUT2D eigenvalue weighted by molar-refractivity contribution is 8.00. The summed E-state index contributed by atoms with van der Waals surface area (Å²) in [7, 11) is 0. The van der Waals surface area contributed by atoms with Crippen LogP contribution in [0.2, 0.25) is 0 Å². The third kappa shape index (κ3) is 3.72. The summed E-state index contributed by atoms with van der Waals surface area (Å²) >= 11 is 2.07. The van der Waals surface area contributed by atoms with Crippen molar-refractivity contribution >= 4 is 17.4 Å². The molecule has 0 aromatic heterocycles. The number of anilines is 1. The lowest BCUT2D eigenvalue weighted by molar-refractivity contribution is 0.378. The van der Waals surface area contributed by atoms with Crippen molar-refractivity contribution < 1.29 is 0 Å². The Morgan fingerprint density at radius 1 is 1.05 bits per heavy atom. The summed E-state index contributed by atoms with van der Waals surface area (Å²) in [5, 5.41) is 4.57. The average Bonchev–Trinajstić information content (AvgIpc) is 3.02. The molecule has 20 heavy (non-hydrogen) atoms. The van der Waals surface area contributed by atoms with Gasteiger partial charge in [0.05, 0.1) is 0 Å². The molecule has 2 saturated carbocycles. The molecule has 2 aliphatic rings. The van der Waals surface area contributed by atoms with Crippen LogP contribution in [0.15, 0.2) is 29.2 Å². The molecular formula is C18H27NS. The van der Waals surface area contributed by atoms with Crippen LogP contribution in [0.5, 0.6) is 0 Å². The summed E-state index contributed by atoms with van der Waals surface area (Å²) in [6.07, 6.45) is 9.62. The minimum absolute atomic E-state index is 0.524. The molecule has 0 heterocycles. The van der Waals surface area contributed by atoms with Gasteiger partial charge in [-0.1, -0.05) is 26.7 Å². The zero-order chi connectivity index (χ0) is 14.0. The summed E-state index contributed by atoms with van der Waals surface area (Å²) in [5.41, 5.74) is 1.82. The Morgan fingerprint density at radius 3 is 2.35 bits per heavy atom. The number of benzene rings is 1. The van der Waals surface area contributed by atoms with E-state index < -0.39 is 0 Å². The lowest BCUT2D eigenvalue weighted by Gasteiger charge is -2.19. The van der Waals surface area contributed by atoms with Crippen molar-refractivity contribution in [2.45, 2.75) is 75.0 Å². The first-order valence-corrected chi connectivity index (χ1v) is 9.02. The van der Waals surface area contributed by atoms with Crippen LogP contribution in [0, 0.1) is 5.41 Å². The second kappa shape index (κ2) is 6.01. The molecule has 110 valence electrons. The van der Waals surface area contributed by atoms with Crippen LogP contribution in [-0.2, 0) is 0 Å². The van der Waals surface area contributed by atoms with Crippen molar-refractivity contribution in [3.8, 4) is 0 Å². The summed E-state index contributed by atoms with van der Waals surface area (Å²) < 4.78 is 0. The van der Waals surface area contributed by atoms with E-state index in [1.54, 1.807) is 0 Å². The Balaban J connectivity index is 1.53. The topological polar surface area (TPSA) is 12.0 Å². The van der Waals surface area contributed by atoms with Gasteiger partial charge in [-0.25, -0.2) is 0 Å². The Morgan fingerprint density at radius 2 is 1.75 bits per heavy atom. The maximum absolute atomic E-state index is 3.71. The van der Waals surface area contributed by atoms with E-state index in [-0.39, 0.29) is 0 Å². The van der Waals surface area contributed by atoms with Gasteiger partial charge in [-0.15, -0.1) is 11.8 Å². The first kappa shape index (κ1) is 14.3. The van der Waals surface area contributed by atoms with Gasteiger partial charge < -0.3 is 5.32 Å². The molecule has 2 fully saturated rings. The summed E-state index contributed by atoms with van der Waals surface area (Å²) in [4.78, 5) is 1.44. The van der Waals surface area contributed by atoms with Crippen LogP contribution in [0.4, 0.5) is 5.69 Å². The molecule has 0 amide bonds. The van der Waals surface area contributed by atoms with Crippen molar-refractivity contribution in [2.24, 2.45) is 5.41 Å². The predicted molar refractivity (Wildman–Crippen MR) is 89.6 cm³/mol. The predicted octanol–water partition coefficient (Wildman–Crippen LogP) is 5.71. The second-order valence-corrected chi connectivity index (χ2v) is 8.67. The van der Waals surface area contributed by atoms with E-state index in [0.29, 0.717) is 11.5 Å². The maximum atomic E-state index is 3.71. The van der Waals surface area contributed by atoms with Gasteiger partial charge in [0.15, 0.2) is 0 Å². The molecule has 1 nitrogen and oxygen atoms in total. The van der Waals surface area contributed by atoms with Crippen LogP contribution in [0.3, 0.4) is 0 Å². The minimum atomic E-state index is 0.524. The van der Waals surface area contributed by atoms with Crippen molar-refractivity contribution in [1.29, 1.82) is 0 Å². The van der Waals surface area contributed by atoms with Gasteiger partial charge in [0.25, 0.3) is 0 Å². The Bertz CT molecular complexity index is 431. The highest BCUT2D eigenvalue weighted by Gasteiger charge is 2.30. The third-order valence-electron chi connectivity index (χ3n) is 4.80. The van der Waals surface area contributed by atoms with Gasteiger partial charge in [-0.05, 0) is 61.8 Å². The molecule has 1 N–H and O–H groups in total. The fourth-order valence-corrected chi connectivity index (χ4v) is 4.87. The minimum Gasteiger partial charge on any atom is -0.382 e. The van der Waals surface area contributed by atoms with Gasteiger partial charge in [0, 0.05) is 21.9 Å². The molecule has 1 unspecified atom stereocenters. The van der Waals surface area contributed by atoms with Crippen LogP contribution in [0.25, 0.3) is 0 Å². The van der Waals surface area contributed by atoms with E-state index in [1.807, 2.05) is 0 Å². The zero-order valence-electron chi connectivity index (χ0n) is 12.8. The quantitative estimate of drug-likeness (QED) is 0.761. The van der Waals surface area contributed by atoms with Gasteiger partial charge in [0.1, 0.15) is 0 Å². The highest BCUT2D eigenvalue weighted by atomic mass is 32.2. The number of rotatable bonds is 4. The molecule has 2 heteroatoms. The molecular weight excluding hydrogens is 262 g/mol. The molecule has 1 atom stereocenters. The number of thioether (sulfide) groups is 1. The van der Waals surface area contributed by atoms with E-state index in [1.165, 1.54) is 55.5 Å².